The van der Waals surface area contributed by atoms with Crippen molar-refractivity contribution in [2.24, 2.45) is 5.92 Å². The molecule has 0 spiro atoms. The average molecular weight is 393 g/mol. The summed E-state index contributed by atoms with van der Waals surface area (Å²) >= 11 is 1.57. The first-order valence-corrected chi connectivity index (χ1v) is 10.8. The molecule has 1 aromatic carbocycles. The van der Waals surface area contributed by atoms with E-state index < -0.39 is 0 Å². The quantitative estimate of drug-likeness (QED) is 0.641. The number of fused-ring (bicyclic) bond motifs is 1. The fourth-order valence-electron chi connectivity index (χ4n) is 3.63. The molecule has 1 heterocycles. The SMILES string of the molecule is CC[C@H]1CCc2c(sc(NC(=O)/C=C/c3ccc(C(C)(C)C)cc3)c2C#N)C1. The maximum atomic E-state index is 12.4. The highest BCUT2D eigenvalue weighted by molar-refractivity contribution is 7.16. The van der Waals surface area contributed by atoms with E-state index in [4.69, 9.17) is 0 Å². The van der Waals surface area contributed by atoms with E-state index in [1.54, 1.807) is 17.4 Å². The van der Waals surface area contributed by atoms with Crippen molar-refractivity contribution in [1.82, 2.24) is 0 Å². The lowest BCUT2D eigenvalue weighted by atomic mass is 9.86. The maximum absolute atomic E-state index is 12.4. The van der Waals surface area contributed by atoms with Crippen molar-refractivity contribution in [1.29, 1.82) is 5.26 Å². The molecule has 1 amide bonds. The molecule has 1 aromatic heterocycles. The number of nitrogens with one attached hydrogen (secondary N) is 1. The fourth-order valence-corrected chi connectivity index (χ4v) is 4.94. The summed E-state index contributed by atoms with van der Waals surface area (Å²) in [6.45, 7) is 8.76. The normalized spacial score (nSPS) is 16.6. The van der Waals surface area contributed by atoms with Crippen LogP contribution in [-0.2, 0) is 23.1 Å². The van der Waals surface area contributed by atoms with Crippen LogP contribution >= 0.6 is 11.3 Å². The third-order valence-corrected chi connectivity index (χ3v) is 6.67. The van der Waals surface area contributed by atoms with Gasteiger partial charge in [0, 0.05) is 11.0 Å². The van der Waals surface area contributed by atoms with Crippen LogP contribution in [0.25, 0.3) is 6.08 Å². The van der Waals surface area contributed by atoms with Crippen LogP contribution in [0.5, 0.6) is 0 Å². The largest absolute Gasteiger partial charge is 0.313 e. The Morgan fingerprint density at radius 1 is 1.32 bits per heavy atom. The first kappa shape index (κ1) is 20.4. The topological polar surface area (TPSA) is 52.9 Å². The van der Waals surface area contributed by atoms with Crippen molar-refractivity contribution < 1.29 is 4.79 Å². The van der Waals surface area contributed by atoms with E-state index in [1.165, 1.54) is 10.4 Å². The second-order valence-corrected chi connectivity index (χ2v) is 9.64. The standard InChI is InChI=1S/C24H28N2OS/c1-5-16-8-12-19-20(15-25)23(28-21(19)14-16)26-22(27)13-9-17-6-10-18(11-7-17)24(2,3)4/h6-7,9-11,13,16H,5,8,12,14H2,1-4H3,(H,26,27)/b13-9+/t16-/m0/s1. The van der Waals surface area contributed by atoms with Crippen LogP contribution in [0.1, 0.15) is 67.7 Å². The zero-order valence-electron chi connectivity index (χ0n) is 17.1. The molecule has 0 saturated carbocycles. The minimum absolute atomic E-state index is 0.113. The van der Waals surface area contributed by atoms with Gasteiger partial charge in [-0.25, -0.2) is 0 Å². The van der Waals surface area contributed by atoms with Crippen molar-refractivity contribution in [2.75, 3.05) is 5.32 Å². The number of carbonyl (C=O) groups excluding carboxylic acids is 1. The van der Waals surface area contributed by atoms with Crippen molar-refractivity contribution in [2.45, 2.75) is 58.8 Å². The van der Waals surface area contributed by atoms with E-state index in [1.807, 2.05) is 18.2 Å². The first-order chi connectivity index (χ1) is 13.3. The van der Waals surface area contributed by atoms with Crippen LogP contribution < -0.4 is 5.32 Å². The Hall–Kier alpha value is -2.38. The molecular weight excluding hydrogens is 364 g/mol. The summed E-state index contributed by atoms with van der Waals surface area (Å²) in [6, 6.07) is 10.6. The van der Waals surface area contributed by atoms with E-state index in [0.29, 0.717) is 16.5 Å². The predicted octanol–water partition coefficient (Wildman–Crippen LogP) is 6.08. The minimum atomic E-state index is -0.193. The number of hydrogen-bond donors (Lipinski definition) is 1. The molecule has 1 N–H and O–H groups in total. The van der Waals surface area contributed by atoms with Gasteiger partial charge in [-0.05, 0) is 53.4 Å². The van der Waals surface area contributed by atoms with Gasteiger partial charge in [-0.1, -0.05) is 58.4 Å². The van der Waals surface area contributed by atoms with Crippen LogP contribution in [0.3, 0.4) is 0 Å². The molecular formula is C24H28N2OS. The molecule has 1 atom stereocenters. The lowest BCUT2D eigenvalue weighted by Gasteiger charge is -2.20. The van der Waals surface area contributed by atoms with E-state index in [-0.39, 0.29) is 11.3 Å². The summed E-state index contributed by atoms with van der Waals surface area (Å²) in [5.41, 5.74) is 4.17. The zero-order valence-corrected chi connectivity index (χ0v) is 18.0. The molecule has 3 nitrogen and oxygen atoms in total. The van der Waals surface area contributed by atoms with Crippen molar-refractivity contribution >= 4 is 28.3 Å². The Balaban J connectivity index is 1.71. The fraction of sp³-hybridized carbons (Fsp3) is 0.417. The molecule has 0 aliphatic heterocycles. The van der Waals surface area contributed by atoms with Crippen molar-refractivity contribution in [3.05, 3.63) is 57.5 Å². The summed E-state index contributed by atoms with van der Waals surface area (Å²) in [5.74, 6) is 0.499. The molecule has 0 saturated heterocycles. The number of amides is 1. The summed E-state index contributed by atoms with van der Waals surface area (Å²) in [6.07, 6.45) is 7.62. The Bertz CT molecular complexity index is 923. The predicted molar refractivity (Wildman–Crippen MR) is 118 cm³/mol. The van der Waals surface area contributed by atoms with Gasteiger partial charge < -0.3 is 5.32 Å². The lowest BCUT2D eigenvalue weighted by molar-refractivity contribution is -0.111. The number of nitrogens with zero attached hydrogens (tertiary/aromatic N) is 1. The van der Waals surface area contributed by atoms with Crippen LogP contribution in [-0.4, -0.2) is 5.91 Å². The Morgan fingerprint density at radius 2 is 2.04 bits per heavy atom. The third kappa shape index (κ3) is 4.54. The molecule has 0 unspecified atom stereocenters. The molecule has 0 radical (unpaired) electrons. The van der Waals surface area contributed by atoms with E-state index in [9.17, 15) is 10.1 Å². The Kier molecular flexibility index (Phi) is 6.05. The monoisotopic (exact) mass is 392 g/mol. The van der Waals surface area contributed by atoms with Gasteiger partial charge in [-0.3, -0.25) is 4.79 Å². The molecule has 1 aliphatic carbocycles. The van der Waals surface area contributed by atoms with Crippen LogP contribution in [0.4, 0.5) is 5.00 Å². The minimum Gasteiger partial charge on any atom is -0.313 e. The molecule has 2 aromatic rings. The summed E-state index contributed by atoms with van der Waals surface area (Å²) in [4.78, 5) is 13.7. The highest BCUT2D eigenvalue weighted by Crippen LogP contribution is 2.40. The van der Waals surface area contributed by atoms with Gasteiger partial charge in [-0.15, -0.1) is 11.3 Å². The van der Waals surface area contributed by atoms with Crippen LogP contribution in [0, 0.1) is 17.2 Å². The van der Waals surface area contributed by atoms with Gasteiger partial charge in [0.25, 0.3) is 0 Å². The lowest BCUT2D eigenvalue weighted by Crippen LogP contribution is -2.12. The summed E-state index contributed by atoms with van der Waals surface area (Å²) in [5, 5.41) is 13.2. The number of thiophene rings is 1. The maximum Gasteiger partial charge on any atom is 0.249 e. The molecule has 28 heavy (non-hydrogen) atoms. The third-order valence-electron chi connectivity index (χ3n) is 5.50. The van der Waals surface area contributed by atoms with Gasteiger partial charge >= 0.3 is 0 Å². The molecule has 1 aliphatic rings. The number of hydrogen-bond acceptors (Lipinski definition) is 3. The number of rotatable bonds is 4. The van der Waals surface area contributed by atoms with Gasteiger partial charge in [0.2, 0.25) is 5.91 Å². The highest BCUT2D eigenvalue weighted by atomic mass is 32.1. The molecule has 3 rings (SSSR count). The Morgan fingerprint density at radius 3 is 2.64 bits per heavy atom. The smallest absolute Gasteiger partial charge is 0.249 e. The van der Waals surface area contributed by atoms with Gasteiger partial charge in [0.05, 0.1) is 5.56 Å². The van der Waals surface area contributed by atoms with Crippen LogP contribution in [0.2, 0.25) is 0 Å². The average Bonchev–Trinajstić information content (AvgIpc) is 3.01. The van der Waals surface area contributed by atoms with Crippen molar-refractivity contribution in [3.63, 3.8) is 0 Å². The van der Waals surface area contributed by atoms with Crippen molar-refractivity contribution in [3.8, 4) is 6.07 Å². The van der Waals surface area contributed by atoms with Gasteiger partial charge in [0.1, 0.15) is 11.1 Å². The zero-order chi connectivity index (χ0) is 20.3. The molecule has 146 valence electrons. The molecule has 0 bridgehead atoms. The van der Waals surface area contributed by atoms with Crippen LogP contribution in [0.15, 0.2) is 30.3 Å². The highest BCUT2D eigenvalue weighted by Gasteiger charge is 2.25. The molecule has 4 heteroatoms. The first-order valence-electron chi connectivity index (χ1n) is 9.96. The number of nitriles is 1. The van der Waals surface area contributed by atoms with E-state index in [0.717, 1.165) is 36.8 Å². The van der Waals surface area contributed by atoms with E-state index >= 15 is 0 Å². The van der Waals surface area contributed by atoms with E-state index in [2.05, 4.69) is 51.2 Å². The molecule has 0 fully saturated rings. The second kappa shape index (κ2) is 8.32. The van der Waals surface area contributed by atoms with Gasteiger partial charge in [0.15, 0.2) is 0 Å². The van der Waals surface area contributed by atoms with Gasteiger partial charge in [-0.2, -0.15) is 5.26 Å². The number of anilines is 1. The summed E-state index contributed by atoms with van der Waals surface area (Å²) in [7, 11) is 0. The second-order valence-electron chi connectivity index (χ2n) is 8.53. The summed E-state index contributed by atoms with van der Waals surface area (Å²) < 4.78 is 0. The number of benzene rings is 1. The Labute approximate surface area is 172 Å². The number of carbonyl (C=O) groups is 1.